The van der Waals surface area contributed by atoms with Crippen molar-refractivity contribution in [2.75, 3.05) is 32.8 Å². The summed E-state index contributed by atoms with van der Waals surface area (Å²) in [6, 6.07) is 3.26. The largest absolute Gasteiger partial charge is 0.496 e. The summed E-state index contributed by atoms with van der Waals surface area (Å²) in [5.74, 6) is 1.32. The van der Waals surface area contributed by atoms with Gasteiger partial charge in [-0.3, -0.25) is 9.78 Å². The number of pyridine rings is 1. The fourth-order valence-corrected chi connectivity index (χ4v) is 4.12. The number of rotatable bonds is 7. The van der Waals surface area contributed by atoms with Crippen LogP contribution < -0.4 is 20.1 Å². The van der Waals surface area contributed by atoms with E-state index < -0.39 is 0 Å². The summed E-state index contributed by atoms with van der Waals surface area (Å²) in [6.45, 7) is 6.22. The molecule has 0 unspecified atom stereocenters. The van der Waals surface area contributed by atoms with Gasteiger partial charge in [-0.1, -0.05) is 18.2 Å². The highest BCUT2D eigenvalue weighted by Crippen LogP contribution is 2.42. The lowest BCUT2D eigenvalue weighted by atomic mass is 10.0. The third-order valence-electron chi connectivity index (χ3n) is 5.51. The molecule has 3 aromatic rings. The molecule has 1 fully saturated rings. The fourth-order valence-electron chi connectivity index (χ4n) is 3.75. The Hall–Kier alpha value is -3.43. The van der Waals surface area contributed by atoms with Gasteiger partial charge in [0.15, 0.2) is 0 Å². The summed E-state index contributed by atoms with van der Waals surface area (Å²) in [7, 11) is 3.15. The van der Waals surface area contributed by atoms with E-state index in [1.807, 2.05) is 13.0 Å². The van der Waals surface area contributed by atoms with Gasteiger partial charge in [0.1, 0.15) is 11.5 Å². The third-order valence-corrected chi connectivity index (χ3v) is 5.89. The topological polar surface area (TPSA) is 107 Å². The number of carbonyl (C=O) groups is 1. The van der Waals surface area contributed by atoms with Gasteiger partial charge in [-0.25, -0.2) is 9.97 Å². The van der Waals surface area contributed by atoms with Crippen molar-refractivity contribution in [2.45, 2.75) is 19.0 Å². The Bertz CT molecular complexity index is 1190. The second-order valence-electron chi connectivity index (χ2n) is 7.52. The maximum Gasteiger partial charge on any atom is 0.243 e. The molecule has 0 bridgehead atoms. The Labute approximate surface area is 196 Å². The fraction of sp³-hybridized carbons (Fsp3) is 0.304. The maximum atomic E-state index is 11.6. The summed E-state index contributed by atoms with van der Waals surface area (Å²) in [6.07, 6.45) is 4.61. The van der Waals surface area contributed by atoms with Gasteiger partial charge in [-0.2, -0.15) is 0 Å². The van der Waals surface area contributed by atoms with Crippen molar-refractivity contribution in [3.8, 4) is 22.8 Å². The smallest absolute Gasteiger partial charge is 0.243 e. The number of hydrogen-bond donors (Lipinski definition) is 2. The highest BCUT2D eigenvalue weighted by molar-refractivity contribution is 6.35. The molecule has 33 heavy (non-hydrogen) atoms. The molecule has 9 nitrogen and oxygen atoms in total. The molecule has 1 amide bonds. The van der Waals surface area contributed by atoms with E-state index in [0.717, 1.165) is 16.5 Å². The zero-order valence-corrected chi connectivity index (χ0v) is 19.3. The van der Waals surface area contributed by atoms with E-state index in [0.29, 0.717) is 46.9 Å². The molecule has 4 rings (SSSR count). The van der Waals surface area contributed by atoms with E-state index >= 15 is 0 Å². The van der Waals surface area contributed by atoms with Crippen LogP contribution in [0.25, 0.3) is 22.2 Å². The molecule has 0 radical (unpaired) electrons. The molecule has 2 aromatic heterocycles. The number of amides is 1. The van der Waals surface area contributed by atoms with E-state index in [1.54, 1.807) is 32.7 Å². The second-order valence-corrected chi connectivity index (χ2v) is 7.90. The van der Waals surface area contributed by atoms with Gasteiger partial charge in [-0.05, 0) is 19.1 Å². The van der Waals surface area contributed by atoms with Crippen molar-refractivity contribution in [1.82, 2.24) is 20.3 Å². The molecule has 172 valence electrons. The summed E-state index contributed by atoms with van der Waals surface area (Å²) in [5.41, 5.74) is 2.89. The van der Waals surface area contributed by atoms with Crippen molar-refractivity contribution in [3.63, 3.8) is 0 Å². The predicted molar refractivity (Wildman–Crippen MR) is 126 cm³/mol. The lowest BCUT2D eigenvalue weighted by Gasteiger charge is -2.19. The van der Waals surface area contributed by atoms with E-state index in [9.17, 15) is 4.79 Å². The number of methoxy groups -OCH3 is 2. The van der Waals surface area contributed by atoms with Crippen molar-refractivity contribution < 1.29 is 19.0 Å². The molecule has 2 atom stereocenters. The zero-order valence-electron chi connectivity index (χ0n) is 18.5. The lowest BCUT2D eigenvalue weighted by Crippen LogP contribution is -2.45. The van der Waals surface area contributed by atoms with Crippen LogP contribution in [0.2, 0.25) is 5.02 Å². The number of nitrogens with zero attached hydrogens (tertiary/aromatic N) is 3. The van der Waals surface area contributed by atoms with Gasteiger partial charge in [0.05, 0.1) is 61.9 Å². The first-order valence-corrected chi connectivity index (χ1v) is 10.6. The SMILES string of the molecule is C=CC(=O)N[C@H]1COC[C@H]1Nc1ncc2cc(-c3c(C)c(OC)cc(OC)c3Cl)ncc2n1. The van der Waals surface area contributed by atoms with Gasteiger partial charge in [0, 0.05) is 28.8 Å². The summed E-state index contributed by atoms with van der Waals surface area (Å²) >= 11 is 6.60. The highest BCUT2D eigenvalue weighted by Gasteiger charge is 2.29. The van der Waals surface area contributed by atoms with E-state index in [-0.39, 0.29) is 18.0 Å². The van der Waals surface area contributed by atoms with E-state index in [1.165, 1.54) is 6.08 Å². The summed E-state index contributed by atoms with van der Waals surface area (Å²) < 4.78 is 16.4. The molecule has 3 heterocycles. The number of fused-ring (bicyclic) bond motifs is 1. The van der Waals surface area contributed by atoms with Crippen molar-refractivity contribution in [2.24, 2.45) is 0 Å². The monoisotopic (exact) mass is 469 g/mol. The zero-order chi connectivity index (χ0) is 23.5. The molecular weight excluding hydrogens is 446 g/mol. The molecule has 0 aliphatic carbocycles. The van der Waals surface area contributed by atoms with Gasteiger partial charge in [0.2, 0.25) is 11.9 Å². The quantitative estimate of drug-likeness (QED) is 0.508. The molecule has 0 saturated carbocycles. The molecule has 1 saturated heterocycles. The maximum absolute atomic E-state index is 11.6. The van der Waals surface area contributed by atoms with Crippen molar-refractivity contribution in [3.05, 3.63) is 47.8 Å². The summed E-state index contributed by atoms with van der Waals surface area (Å²) in [5, 5.41) is 7.32. The standard InChI is InChI=1S/C23H24ClN5O4/c1-5-20(30)27-16-10-33-11-17(16)29-23-26-8-13-6-14(25-9-15(13)28-23)21-12(2)18(31-3)7-19(32-4)22(21)24/h5-9,16-17H,1,10-11H2,2-4H3,(H,27,30)(H,26,28,29)/t16-,17+/m0/s1. The molecule has 1 aliphatic rings. The first-order chi connectivity index (χ1) is 15.9. The Kier molecular flexibility index (Phi) is 6.62. The minimum absolute atomic E-state index is 0.163. The van der Waals surface area contributed by atoms with Crippen molar-refractivity contribution in [1.29, 1.82) is 0 Å². The van der Waals surface area contributed by atoms with Crippen LogP contribution in [0.15, 0.2) is 37.2 Å². The minimum atomic E-state index is -0.253. The van der Waals surface area contributed by atoms with Crippen LogP contribution in [-0.2, 0) is 9.53 Å². The number of anilines is 1. The lowest BCUT2D eigenvalue weighted by molar-refractivity contribution is -0.117. The number of aromatic nitrogens is 3. The van der Waals surface area contributed by atoms with Crippen LogP contribution in [0, 0.1) is 6.92 Å². The van der Waals surface area contributed by atoms with Crippen molar-refractivity contribution >= 4 is 34.4 Å². The van der Waals surface area contributed by atoms with Crippen LogP contribution in [0.1, 0.15) is 5.56 Å². The van der Waals surface area contributed by atoms with Crippen LogP contribution in [0.4, 0.5) is 5.95 Å². The average Bonchev–Trinajstić information content (AvgIpc) is 3.25. The first-order valence-electron chi connectivity index (χ1n) is 10.3. The number of benzene rings is 1. The van der Waals surface area contributed by atoms with Crippen LogP contribution in [0.3, 0.4) is 0 Å². The number of halogens is 1. The Morgan fingerprint density at radius 1 is 1.18 bits per heavy atom. The normalized spacial score (nSPS) is 17.6. The average molecular weight is 470 g/mol. The second kappa shape index (κ2) is 9.60. The first kappa shape index (κ1) is 22.8. The van der Waals surface area contributed by atoms with E-state index in [4.69, 9.17) is 25.8 Å². The number of hydrogen-bond acceptors (Lipinski definition) is 8. The van der Waals surface area contributed by atoms with Crippen LogP contribution >= 0.6 is 11.6 Å². The highest BCUT2D eigenvalue weighted by atomic mass is 35.5. The Balaban J connectivity index is 1.63. The number of nitrogens with one attached hydrogen (secondary N) is 2. The third kappa shape index (κ3) is 4.55. The summed E-state index contributed by atoms with van der Waals surface area (Å²) in [4.78, 5) is 25.2. The molecule has 10 heteroatoms. The van der Waals surface area contributed by atoms with Crippen LogP contribution in [-0.4, -0.2) is 60.4 Å². The Morgan fingerprint density at radius 2 is 1.94 bits per heavy atom. The van der Waals surface area contributed by atoms with Gasteiger partial charge in [0.25, 0.3) is 0 Å². The molecule has 1 aliphatic heterocycles. The van der Waals surface area contributed by atoms with Gasteiger partial charge in [-0.15, -0.1) is 0 Å². The number of ether oxygens (including phenoxy) is 3. The Morgan fingerprint density at radius 3 is 2.67 bits per heavy atom. The van der Waals surface area contributed by atoms with Gasteiger partial charge >= 0.3 is 0 Å². The predicted octanol–water partition coefficient (Wildman–Crippen LogP) is 3.15. The van der Waals surface area contributed by atoms with Crippen LogP contribution in [0.5, 0.6) is 11.5 Å². The number of carbonyl (C=O) groups excluding carboxylic acids is 1. The molecule has 0 spiro atoms. The van der Waals surface area contributed by atoms with E-state index in [2.05, 4.69) is 32.2 Å². The minimum Gasteiger partial charge on any atom is -0.496 e. The molecular formula is C23H24ClN5O4. The van der Waals surface area contributed by atoms with Gasteiger partial charge < -0.3 is 24.8 Å². The molecule has 2 N–H and O–H groups in total. The molecule has 1 aromatic carbocycles.